The third-order valence-electron chi connectivity index (χ3n) is 5.82. The molecule has 1 aliphatic rings. The average Bonchev–Trinajstić information content (AvgIpc) is 3.07. The number of β-amino-alcohol motifs (C(OH)–C–C–N with tert-alkyl or cyclic N) is 1. The van der Waals surface area contributed by atoms with Crippen molar-refractivity contribution in [1.82, 2.24) is 10.2 Å². The molecule has 1 heterocycles. The topological polar surface area (TPSA) is 54.0 Å². The van der Waals surface area contributed by atoms with Crippen molar-refractivity contribution in [3.8, 4) is 11.5 Å². The molecule has 0 aromatic heterocycles. The first-order valence-electron chi connectivity index (χ1n) is 11.7. The van der Waals surface area contributed by atoms with Gasteiger partial charge in [0, 0.05) is 13.1 Å². The molecule has 0 aliphatic carbocycles. The van der Waals surface area contributed by atoms with Crippen LogP contribution in [0.2, 0.25) is 0 Å². The van der Waals surface area contributed by atoms with Gasteiger partial charge < -0.3 is 24.8 Å². The second-order valence-corrected chi connectivity index (χ2v) is 8.43. The van der Waals surface area contributed by atoms with Crippen LogP contribution in [0.3, 0.4) is 0 Å². The molecule has 0 unspecified atom stereocenters. The van der Waals surface area contributed by atoms with E-state index in [1.807, 2.05) is 12.1 Å². The molecule has 2 aromatic rings. The van der Waals surface area contributed by atoms with E-state index >= 15 is 0 Å². The number of likely N-dealkylation sites (tertiary alicyclic amines) is 1. The van der Waals surface area contributed by atoms with Crippen LogP contribution in [-0.2, 0) is 13.0 Å². The quantitative estimate of drug-likeness (QED) is 0.502. The average molecular weight is 427 g/mol. The van der Waals surface area contributed by atoms with Crippen molar-refractivity contribution in [3.05, 3.63) is 59.7 Å². The Kier molecular flexibility index (Phi) is 10.2. The Labute approximate surface area is 187 Å². The van der Waals surface area contributed by atoms with Crippen LogP contribution in [-0.4, -0.2) is 56.0 Å². The molecule has 0 saturated carbocycles. The van der Waals surface area contributed by atoms with Crippen molar-refractivity contribution in [3.63, 3.8) is 0 Å². The molecule has 1 saturated heterocycles. The molecule has 0 spiro atoms. The van der Waals surface area contributed by atoms with Crippen molar-refractivity contribution >= 4 is 0 Å². The number of rotatable bonds is 12. The van der Waals surface area contributed by atoms with E-state index in [4.69, 9.17) is 9.47 Å². The molecule has 2 aromatic carbocycles. The number of nitrogens with zero attached hydrogens (tertiary/aromatic N) is 1. The molecule has 1 aliphatic heterocycles. The maximum Gasteiger partial charge on any atom is 0.161 e. The number of methoxy groups -OCH3 is 1. The molecule has 1 fully saturated rings. The van der Waals surface area contributed by atoms with Crippen LogP contribution in [0.1, 0.15) is 43.2 Å². The van der Waals surface area contributed by atoms with E-state index in [-0.39, 0.29) is 6.61 Å². The first kappa shape index (κ1) is 23.6. The zero-order valence-corrected chi connectivity index (χ0v) is 18.9. The van der Waals surface area contributed by atoms with Gasteiger partial charge in [-0.2, -0.15) is 0 Å². The fourth-order valence-electron chi connectivity index (χ4n) is 4.09. The molecular weight excluding hydrogens is 388 g/mol. The Morgan fingerprint density at radius 3 is 2.48 bits per heavy atom. The van der Waals surface area contributed by atoms with Crippen molar-refractivity contribution < 1.29 is 14.6 Å². The predicted octanol–water partition coefficient (Wildman–Crippen LogP) is 4.03. The van der Waals surface area contributed by atoms with Crippen LogP contribution in [0.15, 0.2) is 48.5 Å². The minimum Gasteiger partial charge on any atom is -0.493 e. The summed E-state index contributed by atoms with van der Waals surface area (Å²) in [6, 6.07) is 16.6. The second kappa shape index (κ2) is 13.4. The number of nitrogens with one attached hydrogen (secondary N) is 1. The molecule has 3 rings (SSSR count). The van der Waals surface area contributed by atoms with Crippen LogP contribution < -0.4 is 14.8 Å². The maximum atomic E-state index is 10.4. The predicted molar refractivity (Wildman–Crippen MR) is 126 cm³/mol. The summed E-state index contributed by atoms with van der Waals surface area (Å²) in [5.41, 5.74) is 2.54. The van der Waals surface area contributed by atoms with E-state index in [2.05, 4.69) is 46.6 Å². The van der Waals surface area contributed by atoms with E-state index < -0.39 is 6.10 Å². The molecule has 170 valence electrons. The monoisotopic (exact) mass is 426 g/mol. The van der Waals surface area contributed by atoms with Gasteiger partial charge in [0.15, 0.2) is 11.5 Å². The van der Waals surface area contributed by atoms with Crippen molar-refractivity contribution in [2.75, 3.05) is 39.9 Å². The Hall–Kier alpha value is -2.08. The lowest BCUT2D eigenvalue weighted by atomic mass is 10.1. The van der Waals surface area contributed by atoms with Crippen LogP contribution >= 0.6 is 0 Å². The fraction of sp³-hybridized carbons (Fsp3) is 0.538. The number of benzene rings is 2. The molecular formula is C26H38N2O3. The lowest BCUT2D eigenvalue weighted by Crippen LogP contribution is -2.36. The third-order valence-corrected chi connectivity index (χ3v) is 5.82. The molecule has 0 bridgehead atoms. The number of ether oxygens (including phenoxy) is 2. The summed E-state index contributed by atoms with van der Waals surface area (Å²) in [5.74, 6) is 1.40. The van der Waals surface area contributed by atoms with Crippen LogP contribution in [0.25, 0.3) is 0 Å². The molecule has 2 N–H and O–H groups in total. The van der Waals surface area contributed by atoms with Gasteiger partial charge >= 0.3 is 0 Å². The maximum absolute atomic E-state index is 10.4. The second-order valence-electron chi connectivity index (χ2n) is 8.43. The van der Waals surface area contributed by atoms with Gasteiger partial charge in [0.2, 0.25) is 0 Å². The van der Waals surface area contributed by atoms with Gasteiger partial charge in [0.25, 0.3) is 0 Å². The third kappa shape index (κ3) is 8.52. The first-order chi connectivity index (χ1) is 15.2. The van der Waals surface area contributed by atoms with Gasteiger partial charge in [-0.25, -0.2) is 0 Å². The molecule has 31 heavy (non-hydrogen) atoms. The van der Waals surface area contributed by atoms with Gasteiger partial charge in [-0.15, -0.1) is 0 Å². The molecule has 5 nitrogen and oxygen atoms in total. The number of aryl methyl sites for hydroxylation is 1. The highest BCUT2D eigenvalue weighted by Gasteiger charge is 2.15. The largest absolute Gasteiger partial charge is 0.493 e. The summed E-state index contributed by atoms with van der Waals surface area (Å²) in [4.78, 5) is 2.35. The summed E-state index contributed by atoms with van der Waals surface area (Å²) in [5, 5.41) is 13.9. The van der Waals surface area contributed by atoms with E-state index in [1.54, 1.807) is 7.11 Å². The van der Waals surface area contributed by atoms with Gasteiger partial charge in [0.05, 0.1) is 7.11 Å². The van der Waals surface area contributed by atoms with Crippen LogP contribution in [0.4, 0.5) is 0 Å². The summed E-state index contributed by atoms with van der Waals surface area (Å²) in [6.07, 6.45) is 6.75. The standard InChI is InChI=1S/C26H38N2O3/c1-30-26-18-23(19-27-15-9-12-22-10-5-4-6-11-22)13-14-25(26)31-21-24(29)20-28-16-7-2-3-8-17-28/h4-6,10-11,13-14,18,24,27,29H,2-3,7-9,12,15-17,19-21H2,1H3/t24-/m0/s1. The van der Waals surface area contributed by atoms with E-state index in [0.29, 0.717) is 18.0 Å². The van der Waals surface area contributed by atoms with Crippen molar-refractivity contribution in [2.24, 2.45) is 0 Å². The zero-order valence-electron chi connectivity index (χ0n) is 18.9. The highest BCUT2D eigenvalue weighted by molar-refractivity contribution is 5.43. The Balaban J connectivity index is 1.39. The summed E-state index contributed by atoms with van der Waals surface area (Å²) in [7, 11) is 1.66. The van der Waals surface area contributed by atoms with Crippen LogP contribution in [0, 0.1) is 0 Å². The first-order valence-corrected chi connectivity index (χ1v) is 11.7. The minimum atomic E-state index is -0.492. The Morgan fingerprint density at radius 1 is 0.968 bits per heavy atom. The van der Waals surface area contributed by atoms with E-state index in [9.17, 15) is 5.11 Å². The Morgan fingerprint density at radius 2 is 1.74 bits per heavy atom. The minimum absolute atomic E-state index is 0.282. The van der Waals surface area contributed by atoms with Gasteiger partial charge in [-0.05, 0) is 68.6 Å². The SMILES string of the molecule is COc1cc(CNCCCc2ccccc2)ccc1OC[C@@H](O)CN1CCCCCC1. The molecule has 1 atom stereocenters. The number of aliphatic hydroxyl groups is 1. The number of aliphatic hydroxyl groups excluding tert-OH is 1. The van der Waals surface area contributed by atoms with Gasteiger partial charge in [0.1, 0.15) is 12.7 Å². The van der Waals surface area contributed by atoms with Crippen LogP contribution in [0.5, 0.6) is 11.5 Å². The van der Waals surface area contributed by atoms with Gasteiger partial charge in [-0.1, -0.05) is 49.2 Å². The highest BCUT2D eigenvalue weighted by atomic mass is 16.5. The fourth-order valence-corrected chi connectivity index (χ4v) is 4.09. The lowest BCUT2D eigenvalue weighted by molar-refractivity contribution is 0.0683. The summed E-state index contributed by atoms with van der Waals surface area (Å²) in [6.45, 7) is 4.87. The molecule has 0 radical (unpaired) electrons. The highest BCUT2D eigenvalue weighted by Crippen LogP contribution is 2.28. The number of hydrogen-bond acceptors (Lipinski definition) is 5. The number of hydrogen-bond donors (Lipinski definition) is 2. The van der Waals surface area contributed by atoms with E-state index in [0.717, 1.165) is 44.6 Å². The summed E-state index contributed by atoms with van der Waals surface area (Å²) < 4.78 is 11.4. The van der Waals surface area contributed by atoms with Gasteiger partial charge in [-0.3, -0.25) is 0 Å². The smallest absolute Gasteiger partial charge is 0.161 e. The van der Waals surface area contributed by atoms with Crippen molar-refractivity contribution in [1.29, 1.82) is 0 Å². The normalized spacial score (nSPS) is 15.9. The summed E-state index contributed by atoms with van der Waals surface area (Å²) >= 11 is 0. The van der Waals surface area contributed by atoms with E-state index in [1.165, 1.54) is 31.2 Å². The molecule has 0 amide bonds. The zero-order chi connectivity index (χ0) is 21.7. The lowest BCUT2D eigenvalue weighted by Gasteiger charge is -2.23. The van der Waals surface area contributed by atoms with Crippen molar-refractivity contribution in [2.45, 2.75) is 51.2 Å². The Bertz CT molecular complexity index is 746. The molecule has 5 heteroatoms.